The van der Waals surface area contributed by atoms with Crippen molar-refractivity contribution in [3.63, 3.8) is 0 Å². The zero-order chi connectivity index (χ0) is 42.1. The van der Waals surface area contributed by atoms with Gasteiger partial charge >= 0.3 is 6.09 Å². The van der Waals surface area contributed by atoms with Crippen LogP contribution in [0.3, 0.4) is 0 Å². The number of amides is 5. The molecule has 5 amide bonds. The molecule has 0 fully saturated rings. The molecule has 8 N–H and O–H groups in total. The van der Waals surface area contributed by atoms with Crippen molar-refractivity contribution in [3.05, 3.63) is 59.9 Å². The first-order valence-corrected chi connectivity index (χ1v) is 19.6. The van der Waals surface area contributed by atoms with Gasteiger partial charge in [0.15, 0.2) is 5.82 Å². The minimum absolute atomic E-state index is 0.00352. The molecule has 0 saturated heterocycles. The number of aliphatic hydroxyl groups is 1. The second kappa shape index (κ2) is 22.4. The van der Waals surface area contributed by atoms with Crippen molar-refractivity contribution in [1.82, 2.24) is 57.2 Å². The number of aromatic amines is 2. The highest BCUT2D eigenvalue weighted by Crippen LogP contribution is 2.22. The van der Waals surface area contributed by atoms with E-state index in [1.807, 2.05) is 65.0 Å². The molecule has 18 heteroatoms. The van der Waals surface area contributed by atoms with E-state index in [4.69, 9.17) is 4.74 Å². The lowest BCUT2D eigenvalue weighted by atomic mass is 9.85. The molecular formula is C39H61N11O7. The quantitative estimate of drug-likeness (QED) is 0.0732. The molecule has 0 aliphatic heterocycles. The normalized spacial score (nSPS) is 15.3. The fraction of sp³-hybridized carbons (Fsp3) is 0.615. The number of nitrogens with one attached hydrogen (secondary N) is 7. The van der Waals surface area contributed by atoms with Crippen molar-refractivity contribution < 1.29 is 33.8 Å². The molecule has 18 nitrogen and oxygen atoms in total. The number of hydrogen-bond donors (Lipinski definition) is 8. The smallest absolute Gasteiger partial charge is 0.408 e. The number of rotatable bonds is 22. The van der Waals surface area contributed by atoms with Crippen LogP contribution >= 0.6 is 0 Å². The maximum atomic E-state index is 14.1. The molecule has 2 heterocycles. The van der Waals surface area contributed by atoms with Crippen LogP contribution in [0.5, 0.6) is 0 Å². The van der Waals surface area contributed by atoms with Gasteiger partial charge in [-0.15, -0.1) is 5.10 Å². The summed E-state index contributed by atoms with van der Waals surface area (Å²) >= 11 is 0. The summed E-state index contributed by atoms with van der Waals surface area (Å²) in [4.78, 5) is 75.0. The third-order valence-corrected chi connectivity index (χ3v) is 9.53. The molecule has 2 aromatic heterocycles. The van der Waals surface area contributed by atoms with Gasteiger partial charge in [0.1, 0.15) is 23.7 Å². The van der Waals surface area contributed by atoms with Gasteiger partial charge in [0, 0.05) is 25.0 Å². The molecule has 0 aliphatic rings. The summed E-state index contributed by atoms with van der Waals surface area (Å²) in [6.45, 7) is 14.6. The summed E-state index contributed by atoms with van der Waals surface area (Å²) in [5.74, 6) is -2.80. The van der Waals surface area contributed by atoms with Gasteiger partial charge in [-0.1, -0.05) is 77.8 Å². The number of nitrogens with zero attached hydrogens (tertiary/aromatic N) is 4. The Labute approximate surface area is 334 Å². The molecule has 1 aromatic carbocycles. The minimum atomic E-state index is -1.16. The Morgan fingerprint density at radius 2 is 1.56 bits per heavy atom. The predicted octanol–water partition coefficient (Wildman–Crippen LogP) is 2.24. The Morgan fingerprint density at radius 1 is 0.877 bits per heavy atom. The monoisotopic (exact) mass is 795 g/mol. The lowest BCUT2D eigenvalue weighted by molar-refractivity contribution is -0.134. The Bertz CT molecular complexity index is 1680. The second-order valence-electron chi connectivity index (χ2n) is 15.7. The lowest BCUT2D eigenvalue weighted by Crippen LogP contribution is -2.58. The largest absolute Gasteiger partial charge is 0.444 e. The van der Waals surface area contributed by atoms with Gasteiger partial charge in [-0.05, 0) is 61.4 Å². The molecule has 0 bridgehead atoms. The van der Waals surface area contributed by atoms with Crippen molar-refractivity contribution in [2.24, 2.45) is 17.8 Å². The average molecular weight is 796 g/mol. The van der Waals surface area contributed by atoms with Crippen molar-refractivity contribution >= 4 is 29.7 Å². The number of carbonyl (C=O) groups is 5. The number of alkyl carbamates (subject to hydrolysis) is 1. The molecule has 57 heavy (non-hydrogen) atoms. The van der Waals surface area contributed by atoms with Crippen LogP contribution < -0.4 is 26.6 Å². The summed E-state index contributed by atoms with van der Waals surface area (Å²) in [7, 11) is 0. The highest BCUT2D eigenvalue weighted by molar-refractivity contribution is 5.92. The van der Waals surface area contributed by atoms with Crippen LogP contribution in [-0.2, 0) is 43.3 Å². The van der Waals surface area contributed by atoms with Crippen LogP contribution in [0.15, 0.2) is 42.9 Å². The minimum Gasteiger partial charge on any atom is -0.444 e. The highest BCUT2D eigenvalue weighted by Gasteiger charge is 2.35. The van der Waals surface area contributed by atoms with Gasteiger partial charge in [0.2, 0.25) is 23.6 Å². The van der Waals surface area contributed by atoms with Gasteiger partial charge < -0.3 is 41.4 Å². The van der Waals surface area contributed by atoms with Crippen LogP contribution in [0.25, 0.3) is 0 Å². The van der Waals surface area contributed by atoms with Crippen LogP contribution in [0, 0.1) is 17.8 Å². The summed E-state index contributed by atoms with van der Waals surface area (Å²) in [5.41, 5.74) is 0.458. The number of benzene rings is 1. The molecule has 0 radical (unpaired) electrons. The third-order valence-electron chi connectivity index (χ3n) is 9.53. The summed E-state index contributed by atoms with van der Waals surface area (Å²) < 4.78 is 5.43. The maximum absolute atomic E-state index is 14.1. The molecule has 0 spiro atoms. The second-order valence-corrected chi connectivity index (χ2v) is 15.7. The number of imidazole rings is 1. The summed E-state index contributed by atoms with van der Waals surface area (Å²) in [6, 6.07) is 5.22. The number of H-pyrrole nitrogens is 2. The fourth-order valence-electron chi connectivity index (χ4n) is 6.16. The van der Waals surface area contributed by atoms with E-state index in [0.29, 0.717) is 30.8 Å². The van der Waals surface area contributed by atoms with E-state index in [-0.39, 0.29) is 37.6 Å². The van der Waals surface area contributed by atoms with Gasteiger partial charge in [-0.2, -0.15) is 0 Å². The molecule has 3 aromatic rings. The van der Waals surface area contributed by atoms with Gasteiger partial charge in [0.25, 0.3) is 0 Å². The first-order valence-electron chi connectivity index (χ1n) is 19.6. The topological polar surface area (TPSA) is 258 Å². The van der Waals surface area contributed by atoms with E-state index in [2.05, 4.69) is 57.2 Å². The van der Waals surface area contributed by atoms with E-state index in [0.717, 1.165) is 5.56 Å². The predicted molar refractivity (Wildman–Crippen MR) is 211 cm³/mol. The molecule has 3 rings (SSSR count). The van der Waals surface area contributed by atoms with Gasteiger partial charge in [-0.25, -0.2) is 14.9 Å². The average Bonchev–Trinajstić information content (AvgIpc) is 3.88. The van der Waals surface area contributed by atoms with Crippen LogP contribution in [0.4, 0.5) is 4.79 Å². The zero-order valence-corrected chi connectivity index (χ0v) is 34.3. The van der Waals surface area contributed by atoms with E-state index in [1.165, 1.54) is 6.33 Å². The molecule has 0 saturated carbocycles. The molecular weight excluding hydrogens is 734 g/mol. The Kier molecular flexibility index (Phi) is 18.1. The fourth-order valence-corrected chi connectivity index (χ4v) is 6.16. The lowest BCUT2D eigenvalue weighted by Gasteiger charge is -2.32. The van der Waals surface area contributed by atoms with E-state index >= 15 is 0 Å². The molecule has 0 aliphatic carbocycles. The molecule has 3 unspecified atom stereocenters. The van der Waals surface area contributed by atoms with Crippen LogP contribution in [0.1, 0.15) is 98.2 Å². The molecule has 314 valence electrons. The van der Waals surface area contributed by atoms with E-state index in [9.17, 15) is 29.1 Å². The number of aromatic nitrogens is 6. The van der Waals surface area contributed by atoms with Crippen molar-refractivity contribution in [2.75, 3.05) is 0 Å². The van der Waals surface area contributed by atoms with Crippen molar-refractivity contribution in [2.45, 2.75) is 136 Å². The van der Waals surface area contributed by atoms with Crippen molar-refractivity contribution in [3.8, 4) is 0 Å². The number of carbonyl (C=O) groups excluding carboxylic acids is 5. The Balaban J connectivity index is 1.79. The highest BCUT2D eigenvalue weighted by atomic mass is 16.6. The van der Waals surface area contributed by atoms with Gasteiger partial charge in [0.05, 0.1) is 30.7 Å². The van der Waals surface area contributed by atoms with Crippen LogP contribution in [0.2, 0.25) is 0 Å². The third kappa shape index (κ3) is 15.6. The zero-order valence-electron chi connectivity index (χ0n) is 34.3. The number of aliphatic hydroxyl groups excluding tert-OH is 1. The van der Waals surface area contributed by atoms with E-state index < -0.39 is 71.5 Å². The van der Waals surface area contributed by atoms with Crippen molar-refractivity contribution in [1.29, 1.82) is 0 Å². The standard InChI is InChI=1S/C39H61N11O7/c1-9-14-28(31(51)19-27(23(3)4)34(52)46-33(24(5)10-2)37(55)41-21-32-47-49-50-48-32)43-36(54)30(18-26-20-40-22-42-26)44-35(53)29(17-25-15-12-11-13-16-25)45-38(56)57-39(6,7)8/h11-13,15-16,20,22-24,27-31,33,51H,9-10,14,17-19,21H2,1-8H3,(H,40,42)(H,41,55)(H,43,54)(H,44,53)(H,45,56)(H,46,52)(H,47,48,49,50)/t24-,27?,28?,29-,30-,31?,33-/m0/s1. The van der Waals surface area contributed by atoms with E-state index in [1.54, 1.807) is 27.0 Å². The Hall–Kier alpha value is -5.39. The number of tetrazole rings is 1. The SMILES string of the molecule is CCCC(NC(=O)[C@H](Cc1c[nH]cn1)NC(=O)[C@H](Cc1ccccc1)NC(=O)OC(C)(C)C)C(O)CC(C(=O)N[C@H](C(=O)NCc1nnn[nH]1)[C@@H](C)CC)C(C)C. The summed E-state index contributed by atoms with van der Waals surface area (Å²) in [5, 5.41) is 39.1. The summed E-state index contributed by atoms with van der Waals surface area (Å²) in [6.07, 6.45) is 2.80. The number of ether oxygens (including phenoxy) is 1. The Morgan fingerprint density at radius 3 is 2.14 bits per heavy atom. The van der Waals surface area contributed by atoms with Gasteiger partial charge in [-0.3, -0.25) is 19.2 Å². The first-order chi connectivity index (χ1) is 27.0. The van der Waals surface area contributed by atoms with Crippen LogP contribution in [-0.4, -0.2) is 101 Å². The maximum Gasteiger partial charge on any atom is 0.408 e. The number of hydrogen-bond acceptors (Lipinski definition) is 11. The first kappa shape index (κ1) is 46.0. The molecule has 7 atom stereocenters.